The molecule has 0 radical (unpaired) electrons. The van der Waals surface area contributed by atoms with Crippen molar-refractivity contribution in [2.24, 2.45) is 0 Å². The maximum absolute atomic E-state index is 9.05. The fraction of sp³-hybridized carbons (Fsp3) is 0.429. The van der Waals surface area contributed by atoms with Crippen LogP contribution >= 0.6 is 0 Å². The normalized spacial score (nSPS) is 11.2. The standard InChI is InChI=1S/C14H19NO/c1-3-4-12-10-15(7-8-16)14-6-5-11(2)9-13(12)14/h5-6,9-10,16H,3-4,7-8H2,1-2H3. The van der Waals surface area contributed by atoms with E-state index in [-0.39, 0.29) is 6.61 Å². The predicted molar refractivity (Wildman–Crippen MR) is 67.8 cm³/mol. The molecule has 0 saturated carbocycles. The molecule has 0 spiro atoms. The lowest BCUT2D eigenvalue weighted by Crippen LogP contribution is -1.99. The molecule has 0 aliphatic carbocycles. The predicted octanol–water partition coefficient (Wildman–Crippen LogP) is 2.89. The maximum atomic E-state index is 9.05. The number of benzene rings is 1. The highest BCUT2D eigenvalue weighted by molar-refractivity contribution is 5.84. The third-order valence-corrected chi connectivity index (χ3v) is 2.98. The number of hydrogen-bond acceptors (Lipinski definition) is 1. The Bertz CT molecular complexity index is 485. The molecule has 1 heterocycles. The van der Waals surface area contributed by atoms with E-state index < -0.39 is 0 Å². The van der Waals surface area contributed by atoms with Gasteiger partial charge >= 0.3 is 0 Å². The van der Waals surface area contributed by atoms with Crippen molar-refractivity contribution in [2.75, 3.05) is 6.61 Å². The van der Waals surface area contributed by atoms with Crippen molar-refractivity contribution >= 4 is 10.9 Å². The molecular formula is C14H19NO. The molecule has 0 unspecified atom stereocenters. The van der Waals surface area contributed by atoms with Gasteiger partial charge in [-0.05, 0) is 31.0 Å². The SMILES string of the molecule is CCCc1cn(CCO)c2ccc(C)cc12. The molecule has 86 valence electrons. The maximum Gasteiger partial charge on any atom is 0.0610 e. The summed E-state index contributed by atoms with van der Waals surface area (Å²) in [5.41, 5.74) is 3.93. The van der Waals surface area contributed by atoms with E-state index in [1.54, 1.807) is 0 Å². The lowest BCUT2D eigenvalue weighted by atomic mass is 10.1. The van der Waals surface area contributed by atoms with Gasteiger partial charge in [0, 0.05) is 23.6 Å². The zero-order valence-electron chi connectivity index (χ0n) is 10.0. The molecular weight excluding hydrogens is 198 g/mol. The van der Waals surface area contributed by atoms with Crippen molar-refractivity contribution in [2.45, 2.75) is 33.2 Å². The number of nitrogens with zero attached hydrogens (tertiary/aromatic N) is 1. The Kier molecular flexibility index (Phi) is 3.30. The van der Waals surface area contributed by atoms with Gasteiger partial charge in [0.1, 0.15) is 0 Å². The van der Waals surface area contributed by atoms with E-state index in [1.165, 1.54) is 22.0 Å². The lowest BCUT2D eigenvalue weighted by molar-refractivity contribution is 0.278. The van der Waals surface area contributed by atoms with Crippen LogP contribution in [-0.4, -0.2) is 16.3 Å². The first-order valence-electron chi connectivity index (χ1n) is 5.95. The Morgan fingerprint density at radius 2 is 2.12 bits per heavy atom. The van der Waals surface area contributed by atoms with Crippen LogP contribution in [0.4, 0.5) is 0 Å². The van der Waals surface area contributed by atoms with Crippen LogP contribution in [0.3, 0.4) is 0 Å². The molecule has 0 amide bonds. The minimum atomic E-state index is 0.198. The third-order valence-electron chi connectivity index (χ3n) is 2.98. The van der Waals surface area contributed by atoms with Gasteiger partial charge in [-0.15, -0.1) is 0 Å². The van der Waals surface area contributed by atoms with Crippen LogP contribution in [0.1, 0.15) is 24.5 Å². The van der Waals surface area contributed by atoms with Crippen molar-refractivity contribution < 1.29 is 5.11 Å². The zero-order chi connectivity index (χ0) is 11.5. The fourth-order valence-corrected chi connectivity index (χ4v) is 2.25. The van der Waals surface area contributed by atoms with E-state index in [0.717, 1.165) is 12.8 Å². The van der Waals surface area contributed by atoms with Crippen molar-refractivity contribution in [3.8, 4) is 0 Å². The van der Waals surface area contributed by atoms with Gasteiger partial charge < -0.3 is 9.67 Å². The first kappa shape index (κ1) is 11.2. The van der Waals surface area contributed by atoms with Crippen LogP contribution in [0.2, 0.25) is 0 Å². The summed E-state index contributed by atoms with van der Waals surface area (Å²) in [6.45, 7) is 5.20. The molecule has 2 nitrogen and oxygen atoms in total. The van der Waals surface area contributed by atoms with Crippen molar-refractivity contribution in [1.29, 1.82) is 0 Å². The number of aromatic nitrogens is 1. The molecule has 2 aromatic rings. The van der Waals surface area contributed by atoms with Crippen molar-refractivity contribution in [3.05, 3.63) is 35.5 Å². The quantitative estimate of drug-likeness (QED) is 0.837. The summed E-state index contributed by atoms with van der Waals surface area (Å²) < 4.78 is 2.15. The average molecular weight is 217 g/mol. The molecule has 0 aliphatic heterocycles. The van der Waals surface area contributed by atoms with Crippen LogP contribution in [0.5, 0.6) is 0 Å². The molecule has 0 fully saturated rings. The van der Waals surface area contributed by atoms with Crippen LogP contribution < -0.4 is 0 Å². The molecule has 0 atom stereocenters. The summed E-state index contributed by atoms with van der Waals surface area (Å²) in [7, 11) is 0. The Hall–Kier alpha value is -1.28. The summed E-state index contributed by atoms with van der Waals surface area (Å²) in [5.74, 6) is 0. The smallest absolute Gasteiger partial charge is 0.0610 e. The number of aliphatic hydroxyl groups is 1. The zero-order valence-corrected chi connectivity index (χ0v) is 10.0. The summed E-state index contributed by atoms with van der Waals surface area (Å²) in [4.78, 5) is 0. The van der Waals surface area contributed by atoms with Gasteiger partial charge in [-0.2, -0.15) is 0 Å². The van der Waals surface area contributed by atoms with E-state index in [4.69, 9.17) is 5.11 Å². The van der Waals surface area contributed by atoms with Crippen LogP contribution in [0, 0.1) is 6.92 Å². The molecule has 0 saturated heterocycles. The Balaban J connectivity index is 2.56. The summed E-state index contributed by atoms with van der Waals surface area (Å²) in [5, 5.41) is 10.4. The molecule has 2 rings (SSSR count). The lowest BCUT2D eigenvalue weighted by Gasteiger charge is -2.02. The number of aliphatic hydroxyl groups excluding tert-OH is 1. The van der Waals surface area contributed by atoms with E-state index in [2.05, 4.69) is 42.8 Å². The molecule has 0 aliphatic rings. The first-order chi connectivity index (χ1) is 7.76. The van der Waals surface area contributed by atoms with Gasteiger partial charge in [-0.25, -0.2) is 0 Å². The number of fused-ring (bicyclic) bond motifs is 1. The minimum absolute atomic E-state index is 0.198. The Labute approximate surface area is 96.5 Å². The summed E-state index contributed by atoms with van der Waals surface area (Å²) in [6, 6.07) is 6.53. The second kappa shape index (κ2) is 4.71. The Morgan fingerprint density at radius 1 is 1.31 bits per heavy atom. The average Bonchev–Trinajstić information content (AvgIpc) is 2.58. The van der Waals surface area contributed by atoms with Crippen molar-refractivity contribution in [1.82, 2.24) is 4.57 Å². The van der Waals surface area contributed by atoms with E-state index in [1.807, 2.05) is 0 Å². The second-order valence-corrected chi connectivity index (χ2v) is 4.34. The fourth-order valence-electron chi connectivity index (χ4n) is 2.25. The highest BCUT2D eigenvalue weighted by Crippen LogP contribution is 2.23. The largest absolute Gasteiger partial charge is 0.395 e. The number of aryl methyl sites for hydroxylation is 2. The van der Waals surface area contributed by atoms with Gasteiger partial charge in [0.25, 0.3) is 0 Å². The van der Waals surface area contributed by atoms with Crippen LogP contribution in [0.25, 0.3) is 10.9 Å². The Morgan fingerprint density at radius 3 is 2.81 bits per heavy atom. The van der Waals surface area contributed by atoms with Gasteiger partial charge in [-0.3, -0.25) is 0 Å². The molecule has 0 bridgehead atoms. The van der Waals surface area contributed by atoms with E-state index in [0.29, 0.717) is 6.54 Å². The summed E-state index contributed by atoms with van der Waals surface area (Å²) >= 11 is 0. The highest BCUT2D eigenvalue weighted by Gasteiger charge is 2.07. The highest BCUT2D eigenvalue weighted by atomic mass is 16.3. The van der Waals surface area contributed by atoms with Gasteiger partial charge in [0.15, 0.2) is 0 Å². The third kappa shape index (κ3) is 1.98. The van der Waals surface area contributed by atoms with Gasteiger partial charge in [0.2, 0.25) is 0 Å². The van der Waals surface area contributed by atoms with Gasteiger partial charge in [-0.1, -0.05) is 25.0 Å². The van der Waals surface area contributed by atoms with Gasteiger partial charge in [0.05, 0.1) is 6.61 Å². The van der Waals surface area contributed by atoms with E-state index >= 15 is 0 Å². The first-order valence-corrected chi connectivity index (χ1v) is 5.95. The molecule has 1 aromatic heterocycles. The second-order valence-electron chi connectivity index (χ2n) is 4.34. The molecule has 1 N–H and O–H groups in total. The number of hydrogen-bond donors (Lipinski definition) is 1. The van der Waals surface area contributed by atoms with Crippen molar-refractivity contribution in [3.63, 3.8) is 0 Å². The van der Waals surface area contributed by atoms with E-state index in [9.17, 15) is 0 Å². The number of rotatable bonds is 4. The van der Waals surface area contributed by atoms with Crippen LogP contribution in [0.15, 0.2) is 24.4 Å². The molecule has 2 heteroatoms. The minimum Gasteiger partial charge on any atom is -0.395 e. The monoisotopic (exact) mass is 217 g/mol. The molecule has 1 aromatic carbocycles. The molecule has 16 heavy (non-hydrogen) atoms. The topological polar surface area (TPSA) is 25.2 Å². The summed E-state index contributed by atoms with van der Waals surface area (Å²) in [6.07, 6.45) is 4.45. The van der Waals surface area contributed by atoms with Crippen LogP contribution in [-0.2, 0) is 13.0 Å².